The first kappa shape index (κ1) is 13.4. The number of alkyl halides is 1. The van der Waals surface area contributed by atoms with Crippen LogP contribution in [0.15, 0.2) is 11.6 Å². The van der Waals surface area contributed by atoms with Gasteiger partial charge in [-0.2, -0.15) is 0 Å². The molecular formula is C12H20ClNO2. The second-order valence-electron chi connectivity index (χ2n) is 4.98. The summed E-state index contributed by atoms with van der Waals surface area (Å²) in [5.41, 5.74) is 0.929. The molecular weight excluding hydrogens is 226 g/mol. The van der Waals surface area contributed by atoms with Crippen LogP contribution < -0.4 is 0 Å². The fraction of sp³-hybridized carbons (Fsp3) is 0.750. The normalized spacial score (nSPS) is 17.2. The van der Waals surface area contributed by atoms with Gasteiger partial charge in [0, 0.05) is 19.0 Å². The molecule has 1 aliphatic heterocycles. The highest BCUT2D eigenvalue weighted by molar-refractivity contribution is 6.18. The molecule has 0 aromatic rings. The predicted molar refractivity (Wildman–Crippen MR) is 65.8 cm³/mol. The Bertz CT molecular complexity index is 271. The van der Waals surface area contributed by atoms with Crippen LogP contribution >= 0.6 is 11.6 Å². The molecule has 0 saturated carbocycles. The van der Waals surface area contributed by atoms with E-state index >= 15 is 0 Å². The SMILES string of the molecule is CC(C)(C)OC(=O)N1CCC(=CCCl)CC1. The number of hydrogen-bond acceptors (Lipinski definition) is 2. The van der Waals surface area contributed by atoms with E-state index in [1.807, 2.05) is 26.8 Å². The summed E-state index contributed by atoms with van der Waals surface area (Å²) in [7, 11) is 0. The van der Waals surface area contributed by atoms with Crippen LogP contribution in [-0.4, -0.2) is 35.6 Å². The molecule has 1 heterocycles. The van der Waals surface area contributed by atoms with Gasteiger partial charge in [-0.1, -0.05) is 11.6 Å². The second-order valence-corrected chi connectivity index (χ2v) is 5.29. The van der Waals surface area contributed by atoms with Gasteiger partial charge in [-0.05, 0) is 33.6 Å². The summed E-state index contributed by atoms with van der Waals surface area (Å²) in [5, 5.41) is 0. The summed E-state index contributed by atoms with van der Waals surface area (Å²) in [6, 6.07) is 0. The molecule has 0 aliphatic carbocycles. The van der Waals surface area contributed by atoms with Crippen LogP contribution in [0.25, 0.3) is 0 Å². The fourth-order valence-corrected chi connectivity index (χ4v) is 1.83. The lowest BCUT2D eigenvalue weighted by molar-refractivity contribution is 0.0236. The lowest BCUT2D eigenvalue weighted by Gasteiger charge is -2.30. The van der Waals surface area contributed by atoms with E-state index in [1.54, 1.807) is 4.90 Å². The van der Waals surface area contributed by atoms with Gasteiger partial charge in [0.25, 0.3) is 0 Å². The maximum atomic E-state index is 11.7. The molecule has 3 nitrogen and oxygen atoms in total. The third kappa shape index (κ3) is 4.44. The van der Waals surface area contributed by atoms with Gasteiger partial charge in [0.05, 0.1) is 0 Å². The summed E-state index contributed by atoms with van der Waals surface area (Å²) in [5.74, 6) is 0.557. The van der Waals surface area contributed by atoms with Crippen molar-refractivity contribution >= 4 is 17.7 Å². The van der Waals surface area contributed by atoms with Gasteiger partial charge in [0.2, 0.25) is 0 Å². The minimum Gasteiger partial charge on any atom is -0.444 e. The monoisotopic (exact) mass is 245 g/mol. The van der Waals surface area contributed by atoms with Crippen LogP contribution in [0, 0.1) is 0 Å². The van der Waals surface area contributed by atoms with Crippen molar-refractivity contribution in [1.29, 1.82) is 0 Å². The topological polar surface area (TPSA) is 29.5 Å². The zero-order valence-corrected chi connectivity index (χ0v) is 11.0. The zero-order chi connectivity index (χ0) is 12.2. The third-order valence-corrected chi connectivity index (χ3v) is 2.58. The van der Waals surface area contributed by atoms with E-state index < -0.39 is 5.60 Å². The van der Waals surface area contributed by atoms with Gasteiger partial charge >= 0.3 is 6.09 Å². The Hall–Kier alpha value is -0.700. The van der Waals surface area contributed by atoms with Gasteiger partial charge in [-0.3, -0.25) is 0 Å². The number of halogens is 1. The van der Waals surface area contributed by atoms with E-state index in [0.717, 1.165) is 25.9 Å². The molecule has 0 N–H and O–H groups in total. The number of allylic oxidation sites excluding steroid dienone is 1. The average Bonchev–Trinajstić information content (AvgIpc) is 2.16. The number of amides is 1. The van der Waals surface area contributed by atoms with Crippen molar-refractivity contribution in [3.8, 4) is 0 Å². The van der Waals surface area contributed by atoms with Crippen LogP contribution in [0.5, 0.6) is 0 Å². The van der Waals surface area contributed by atoms with E-state index in [9.17, 15) is 4.79 Å². The first-order valence-corrected chi connectivity index (χ1v) is 6.17. The minimum atomic E-state index is -0.413. The van der Waals surface area contributed by atoms with Crippen molar-refractivity contribution in [2.24, 2.45) is 0 Å². The molecule has 1 amide bonds. The molecule has 1 aliphatic rings. The van der Waals surface area contributed by atoms with Crippen molar-refractivity contribution in [3.05, 3.63) is 11.6 Å². The fourth-order valence-electron chi connectivity index (χ4n) is 1.62. The van der Waals surface area contributed by atoms with Gasteiger partial charge < -0.3 is 9.64 Å². The maximum absolute atomic E-state index is 11.7. The van der Waals surface area contributed by atoms with Crippen molar-refractivity contribution in [2.45, 2.75) is 39.2 Å². The summed E-state index contributed by atoms with van der Waals surface area (Å²) in [6.45, 7) is 7.12. The number of carbonyl (C=O) groups is 1. The van der Waals surface area contributed by atoms with Crippen LogP contribution in [0.1, 0.15) is 33.6 Å². The minimum absolute atomic E-state index is 0.211. The zero-order valence-electron chi connectivity index (χ0n) is 10.3. The highest BCUT2D eigenvalue weighted by Gasteiger charge is 2.24. The van der Waals surface area contributed by atoms with Gasteiger partial charge in [-0.15, -0.1) is 11.6 Å². The second kappa shape index (κ2) is 5.58. The molecule has 16 heavy (non-hydrogen) atoms. The lowest BCUT2D eigenvalue weighted by Crippen LogP contribution is -2.40. The Morgan fingerprint density at radius 1 is 1.44 bits per heavy atom. The number of rotatable bonds is 1. The number of hydrogen-bond donors (Lipinski definition) is 0. The molecule has 4 heteroatoms. The molecule has 0 atom stereocenters. The number of nitrogens with zero attached hydrogens (tertiary/aromatic N) is 1. The Labute approximate surface area is 102 Å². The van der Waals surface area contributed by atoms with E-state index in [-0.39, 0.29) is 6.09 Å². The number of carbonyl (C=O) groups excluding carboxylic acids is 1. The molecule has 1 fully saturated rings. The van der Waals surface area contributed by atoms with E-state index in [2.05, 4.69) is 0 Å². The first-order valence-electron chi connectivity index (χ1n) is 5.64. The van der Waals surface area contributed by atoms with Crippen LogP contribution in [-0.2, 0) is 4.74 Å². The molecule has 92 valence electrons. The smallest absolute Gasteiger partial charge is 0.410 e. The Morgan fingerprint density at radius 3 is 2.44 bits per heavy atom. The largest absolute Gasteiger partial charge is 0.444 e. The lowest BCUT2D eigenvalue weighted by atomic mass is 10.0. The summed E-state index contributed by atoms with van der Waals surface area (Å²) < 4.78 is 5.31. The van der Waals surface area contributed by atoms with Gasteiger partial charge in [0.1, 0.15) is 5.60 Å². The quantitative estimate of drug-likeness (QED) is 0.525. The molecule has 0 unspecified atom stereocenters. The average molecular weight is 246 g/mol. The van der Waals surface area contributed by atoms with Crippen LogP contribution in [0.2, 0.25) is 0 Å². The van der Waals surface area contributed by atoms with Crippen molar-refractivity contribution in [1.82, 2.24) is 4.90 Å². The Kier molecular flexibility index (Phi) is 4.66. The molecule has 0 aromatic carbocycles. The highest BCUT2D eigenvalue weighted by atomic mass is 35.5. The molecule has 0 radical (unpaired) electrons. The van der Waals surface area contributed by atoms with Crippen molar-refractivity contribution in [3.63, 3.8) is 0 Å². The Balaban J connectivity index is 2.42. The summed E-state index contributed by atoms with van der Waals surface area (Å²) in [4.78, 5) is 13.5. The summed E-state index contributed by atoms with van der Waals surface area (Å²) >= 11 is 5.64. The maximum Gasteiger partial charge on any atom is 0.410 e. The molecule has 0 spiro atoms. The number of piperidine rings is 1. The van der Waals surface area contributed by atoms with Gasteiger partial charge in [-0.25, -0.2) is 4.79 Å². The van der Waals surface area contributed by atoms with E-state index in [1.165, 1.54) is 5.57 Å². The molecule has 1 rings (SSSR count). The van der Waals surface area contributed by atoms with Crippen LogP contribution in [0.3, 0.4) is 0 Å². The van der Waals surface area contributed by atoms with Crippen molar-refractivity contribution < 1.29 is 9.53 Å². The third-order valence-electron chi connectivity index (χ3n) is 2.42. The number of likely N-dealkylation sites (tertiary alicyclic amines) is 1. The summed E-state index contributed by atoms with van der Waals surface area (Å²) in [6.07, 6.45) is 3.64. The Morgan fingerprint density at radius 2 is 2.00 bits per heavy atom. The van der Waals surface area contributed by atoms with E-state index in [4.69, 9.17) is 16.3 Å². The molecule has 1 saturated heterocycles. The first-order chi connectivity index (χ1) is 7.42. The van der Waals surface area contributed by atoms with Crippen LogP contribution in [0.4, 0.5) is 4.79 Å². The highest BCUT2D eigenvalue weighted by Crippen LogP contribution is 2.18. The predicted octanol–water partition coefficient (Wildman–Crippen LogP) is 3.18. The molecule has 0 bridgehead atoms. The molecule has 0 aromatic heterocycles. The number of ether oxygens (including phenoxy) is 1. The standard InChI is InChI=1S/C12H20ClNO2/c1-12(2,3)16-11(15)14-8-5-10(4-7-13)6-9-14/h4H,5-9H2,1-3H3. The van der Waals surface area contributed by atoms with Gasteiger partial charge in [0.15, 0.2) is 0 Å². The van der Waals surface area contributed by atoms with E-state index in [0.29, 0.717) is 5.88 Å². The van der Waals surface area contributed by atoms with Crippen molar-refractivity contribution in [2.75, 3.05) is 19.0 Å².